The van der Waals surface area contributed by atoms with Gasteiger partial charge in [-0.25, -0.2) is 5.01 Å². The van der Waals surface area contributed by atoms with Crippen molar-refractivity contribution in [2.75, 3.05) is 7.05 Å². The number of aromatic nitrogens is 1. The Bertz CT molecular complexity index is 829. The number of pyridine rings is 1. The Kier molecular flexibility index (Phi) is 3.26. The first-order valence-electron chi connectivity index (χ1n) is 6.20. The first kappa shape index (κ1) is 13.4. The number of sulfonamides is 1. The lowest BCUT2D eigenvalue weighted by atomic mass is 10.2. The van der Waals surface area contributed by atoms with Crippen LogP contribution in [-0.4, -0.2) is 37.5 Å². The molecule has 1 aromatic carbocycles. The molecular weight excluding hydrogens is 288 g/mol. The van der Waals surface area contributed by atoms with Crippen LogP contribution in [0.1, 0.15) is 11.1 Å². The van der Waals surface area contributed by atoms with Crippen molar-refractivity contribution in [3.8, 4) is 0 Å². The second-order valence-electron chi connectivity index (χ2n) is 4.43. The van der Waals surface area contributed by atoms with E-state index in [4.69, 9.17) is 0 Å². The van der Waals surface area contributed by atoms with Gasteiger partial charge in [0.25, 0.3) is 10.0 Å². The van der Waals surface area contributed by atoms with Crippen molar-refractivity contribution in [2.45, 2.75) is 4.90 Å². The molecule has 0 amide bonds. The fourth-order valence-corrected chi connectivity index (χ4v) is 3.21. The van der Waals surface area contributed by atoms with Crippen molar-refractivity contribution < 1.29 is 8.42 Å². The van der Waals surface area contributed by atoms with Crippen LogP contribution >= 0.6 is 0 Å². The molecule has 0 saturated heterocycles. The SMILES string of the molecule is CN(/N=C\c1ccncc1)C1=NS(=O)(=O)c2ccccc21. The molecular formula is C14H12N4O2S. The predicted molar refractivity (Wildman–Crippen MR) is 79.8 cm³/mol. The molecule has 0 bridgehead atoms. The van der Waals surface area contributed by atoms with E-state index < -0.39 is 10.0 Å². The summed E-state index contributed by atoms with van der Waals surface area (Å²) in [6.45, 7) is 0. The van der Waals surface area contributed by atoms with Crippen LogP contribution in [0.15, 0.2) is 63.2 Å². The van der Waals surface area contributed by atoms with Crippen LogP contribution in [0.3, 0.4) is 0 Å². The zero-order valence-corrected chi connectivity index (χ0v) is 12.0. The van der Waals surface area contributed by atoms with Crippen molar-refractivity contribution in [3.05, 3.63) is 59.9 Å². The van der Waals surface area contributed by atoms with Gasteiger partial charge >= 0.3 is 0 Å². The number of hydrogen-bond acceptors (Lipinski definition) is 5. The Labute approximate surface area is 122 Å². The zero-order chi connectivity index (χ0) is 14.9. The van der Waals surface area contributed by atoms with Crippen LogP contribution in [0.25, 0.3) is 0 Å². The second-order valence-corrected chi connectivity index (χ2v) is 6.01. The fourth-order valence-electron chi connectivity index (χ4n) is 1.98. The number of rotatable bonds is 2. The number of hydrogen-bond donors (Lipinski definition) is 0. The van der Waals surface area contributed by atoms with Gasteiger partial charge in [0.05, 0.1) is 6.21 Å². The molecule has 0 N–H and O–H groups in total. The molecule has 0 saturated carbocycles. The number of amidine groups is 1. The molecule has 0 radical (unpaired) electrons. The van der Waals surface area contributed by atoms with Crippen molar-refractivity contribution in [1.82, 2.24) is 9.99 Å². The Hall–Kier alpha value is -2.54. The third-order valence-corrected chi connectivity index (χ3v) is 4.33. The van der Waals surface area contributed by atoms with Gasteiger partial charge in [-0.1, -0.05) is 12.1 Å². The van der Waals surface area contributed by atoms with Crippen molar-refractivity contribution in [1.29, 1.82) is 0 Å². The van der Waals surface area contributed by atoms with E-state index in [1.807, 2.05) is 0 Å². The lowest BCUT2D eigenvalue weighted by molar-refractivity contribution is 0.549. The maximum absolute atomic E-state index is 12.0. The molecule has 0 unspecified atom stereocenters. The Morgan fingerprint density at radius 1 is 1.14 bits per heavy atom. The zero-order valence-electron chi connectivity index (χ0n) is 11.2. The van der Waals surface area contributed by atoms with Gasteiger partial charge in [-0.15, -0.1) is 4.40 Å². The minimum atomic E-state index is -3.62. The van der Waals surface area contributed by atoms with E-state index in [0.717, 1.165) is 5.56 Å². The molecule has 1 aliphatic rings. The standard InChI is InChI=1S/C14H12N4O2S/c1-18(16-10-11-6-8-15-9-7-11)14-12-4-2-3-5-13(12)21(19,20)17-14/h2-10H,1H3/b16-10-. The van der Waals surface area contributed by atoms with Gasteiger partial charge in [0.15, 0.2) is 5.84 Å². The summed E-state index contributed by atoms with van der Waals surface area (Å²) in [6.07, 6.45) is 4.94. The lowest BCUT2D eigenvalue weighted by Gasteiger charge is -2.12. The molecule has 106 valence electrons. The van der Waals surface area contributed by atoms with Gasteiger partial charge in [0.2, 0.25) is 0 Å². The molecule has 0 spiro atoms. The molecule has 1 aromatic heterocycles. The van der Waals surface area contributed by atoms with E-state index in [1.54, 1.807) is 62.1 Å². The van der Waals surface area contributed by atoms with Crippen LogP contribution in [0.5, 0.6) is 0 Å². The molecule has 2 heterocycles. The molecule has 21 heavy (non-hydrogen) atoms. The molecule has 7 heteroatoms. The maximum Gasteiger partial charge on any atom is 0.285 e. The quantitative estimate of drug-likeness (QED) is 0.622. The van der Waals surface area contributed by atoms with Crippen LogP contribution < -0.4 is 0 Å². The van der Waals surface area contributed by atoms with E-state index in [9.17, 15) is 8.42 Å². The van der Waals surface area contributed by atoms with Crippen LogP contribution in [0.2, 0.25) is 0 Å². The minimum absolute atomic E-state index is 0.214. The van der Waals surface area contributed by atoms with E-state index in [2.05, 4.69) is 14.5 Å². The lowest BCUT2D eigenvalue weighted by Crippen LogP contribution is -2.21. The van der Waals surface area contributed by atoms with E-state index in [0.29, 0.717) is 11.4 Å². The third kappa shape index (κ3) is 2.55. The molecule has 1 aliphatic heterocycles. The summed E-state index contributed by atoms with van der Waals surface area (Å²) in [5, 5.41) is 5.67. The molecule has 0 fully saturated rings. The second kappa shape index (κ2) is 5.10. The van der Waals surface area contributed by atoms with E-state index in [1.165, 1.54) is 5.01 Å². The topological polar surface area (TPSA) is 75.0 Å². The van der Waals surface area contributed by atoms with Gasteiger partial charge in [0.1, 0.15) is 4.90 Å². The average Bonchev–Trinajstić information content (AvgIpc) is 2.78. The summed E-state index contributed by atoms with van der Waals surface area (Å²) in [7, 11) is -1.96. The first-order valence-corrected chi connectivity index (χ1v) is 7.64. The van der Waals surface area contributed by atoms with Gasteiger partial charge in [-0.3, -0.25) is 4.98 Å². The highest BCUT2D eigenvalue weighted by Crippen LogP contribution is 2.26. The molecule has 3 rings (SSSR count). The number of fused-ring (bicyclic) bond motifs is 1. The largest absolute Gasteiger partial charge is 0.285 e. The van der Waals surface area contributed by atoms with Gasteiger partial charge in [-0.2, -0.15) is 13.5 Å². The Balaban J connectivity index is 1.93. The highest BCUT2D eigenvalue weighted by atomic mass is 32.2. The van der Waals surface area contributed by atoms with Gasteiger partial charge in [-0.05, 0) is 29.8 Å². The smallest absolute Gasteiger partial charge is 0.265 e. The number of hydrazone groups is 1. The summed E-state index contributed by atoms with van der Waals surface area (Å²) < 4.78 is 27.7. The highest BCUT2D eigenvalue weighted by molar-refractivity contribution is 7.90. The maximum atomic E-state index is 12.0. The average molecular weight is 300 g/mol. The molecule has 0 atom stereocenters. The normalized spacial score (nSPS) is 15.8. The van der Waals surface area contributed by atoms with Crippen LogP contribution in [-0.2, 0) is 10.0 Å². The number of nitrogens with zero attached hydrogens (tertiary/aromatic N) is 4. The van der Waals surface area contributed by atoms with E-state index in [-0.39, 0.29) is 4.90 Å². The van der Waals surface area contributed by atoms with Gasteiger partial charge < -0.3 is 0 Å². The Morgan fingerprint density at radius 2 is 1.86 bits per heavy atom. The highest BCUT2D eigenvalue weighted by Gasteiger charge is 2.30. The number of benzene rings is 1. The van der Waals surface area contributed by atoms with E-state index >= 15 is 0 Å². The predicted octanol–water partition coefficient (Wildman–Crippen LogP) is 1.50. The monoisotopic (exact) mass is 300 g/mol. The van der Waals surface area contributed by atoms with Crippen molar-refractivity contribution in [2.24, 2.45) is 9.50 Å². The van der Waals surface area contributed by atoms with Gasteiger partial charge in [0, 0.05) is 25.0 Å². The minimum Gasteiger partial charge on any atom is -0.265 e. The molecule has 2 aromatic rings. The third-order valence-electron chi connectivity index (χ3n) is 3.01. The summed E-state index contributed by atoms with van der Waals surface area (Å²) in [5.74, 6) is 0.316. The summed E-state index contributed by atoms with van der Waals surface area (Å²) in [6, 6.07) is 10.3. The summed E-state index contributed by atoms with van der Waals surface area (Å²) in [4.78, 5) is 4.13. The van der Waals surface area contributed by atoms with Crippen LogP contribution in [0, 0.1) is 0 Å². The summed E-state index contributed by atoms with van der Waals surface area (Å²) >= 11 is 0. The van der Waals surface area contributed by atoms with Crippen molar-refractivity contribution >= 4 is 22.1 Å². The van der Waals surface area contributed by atoms with Crippen molar-refractivity contribution in [3.63, 3.8) is 0 Å². The fraction of sp³-hybridized carbons (Fsp3) is 0.0714. The first-order chi connectivity index (χ1) is 10.1. The molecule has 6 nitrogen and oxygen atoms in total. The molecule has 0 aliphatic carbocycles. The van der Waals surface area contributed by atoms with Crippen LogP contribution in [0.4, 0.5) is 0 Å². The summed E-state index contributed by atoms with van der Waals surface area (Å²) in [5.41, 5.74) is 1.43. The Morgan fingerprint density at radius 3 is 2.62 bits per heavy atom.